The Morgan fingerprint density at radius 1 is 1.19 bits per heavy atom. The van der Waals surface area contributed by atoms with Gasteiger partial charge in [0.2, 0.25) is 17.6 Å². The lowest BCUT2D eigenvalue weighted by Gasteiger charge is -1.91. The zero-order valence-electron chi connectivity index (χ0n) is 14.2. The van der Waals surface area contributed by atoms with Crippen molar-refractivity contribution in [2.75, 3.05) is 6.61 Å². The van der Waals surface area contributed by atoms with E-state index in [-0.39, 0.29) is 12.4 Å². The number of aliphatic hydroxyl groups excluding tert-OH is 1. The molecule has 8 heteroatoms. The van der Waals surface area contributed by atoms with Gasteiger partial charge in [0.05, 0.1) is 13.0 Å². The summed E-state index contributed by atoms with van der Waals surface area (Å²) in [5.41, 5.74) is 7.17. The summed E-state index contributed by atoms with van der Waals surface area (Å²) in [6.07, 6.45) is 2.24. The first-order valence-corrected chi connectivity index (χ1v) is 8.14. The van der Waals surface area contributed by atoms with Crippen LogP contribution in [0.3, 0.4) is 0 Å². The number of H-pyrrole nitrogens is 1. The molecule has 0 radical (unpaired) electrons. The normalized spacial score (nSPS) is 10.4. The van der Waals surface area contributed by atoms with Crippen LogP contribution in [0, 0.1) is 5.82 Å². The van der Waals surface area contributed by atoms with Crippen molar-refractivity contribution in [3.8, 4) is 11.4 Å². The van der Waals surface area contributed by atoms with E-state index in [1.165, 1.54) is 24.3 Å². The summed E-state index contributed by atoms with van der Waals surface area (Å²) in [5.74, 6) is 0.0867. The van der Waals surface area contributed by atoms with Gasteiger partial charge in [0.1, 0.15) is 5.82 Å². The number of fused-ring (bicyclic) bond motifs is 1. The van der Waals surface area contributed by atoms with Crippen molar-refractivity contribution in [3.63, 3.8) is 0 Å². The van der Waals surface area contributed by atoms with Crippen molar-refractivity contribution in [2.45, 2.75) is 6.42 Å². The zero-order chi connectivity index (χ0) is 19.2. The van der Waals surface area contributed by atoms with Crippen LogP contribution in [0.15, 0.2) is 59.3 Å². The number of carbonyl (C=O) groups is 1. The molecule has 27 heavy (non-hydrogen) atoms. The molecule has 0 aliphatic heterocycles. The maximum atomic E-state index is 12.2. The number of aromatic amines is 1. The third-order valence-electron chi connectivity index (χ3n) is 3.75. The summed E-state index contributed by atoms with van der Waals surface area (Å²) < 4.78 is 17.2. The lowest BCUT2D eigenvalue weighted by molar-refractivity contribution is 0.1000. The van der Waals surface area contributed by atoms with Gasteiger partial charge in [0, 0.05) is 28.2 Å². The molecule has 0 unspecified atom stereocenters. The van der Waals surface area contributed by atoms with Gasteiger partial charge in [-0.1, -0.05) is 23.4 Å². The standard InChI is InChI=1S/C12H11N3O2.C7H6FNO/c16-6-5-11-14-12(15-17-11)9-7-13-10-4-2-1-3-8(9)10;8-6-3-1-5(2-4-6)7(9)10/h1-4,7,13,16H,5-6H2;1-4H,(H2,9,10). The van der Waals surface area contributed by atoms with Gasteiger partial charge >= 0.3 is 0 Å². The van der Waals surface area contributed by atoms with Crippen molar-refractivity contribution < 1.29 is 18.8 Å². The maximum Gasteiger partial charge on any atom is 0.248 e. The Bertz CT molecular complexity index is 1040. The highest BCUT2D eigenvalue weighted by atomic mass is 19.1. The second-order valence-electron chi connectivity index (χ2n) is 5.60. The number of nitrogens with two attached hydrogens (primary N) is 1. The molecule has 0 spiro atoms. The molecule has 2 heterocycles. The topological polar surface area (TPSA) is 118 Å². The largest absolute Gasteiger partial charge is 0.396 e. The molecule has 0 aliphatic rings. The molecule has 2 aromatic heterocycles. The number of para-hydroxylation sites is 1. The smallest absolute Gasteiger partial charge is 0.248 e. The summed E-state index contributed by atoms with van der Waals surface area (Å²) in [5, 5.41) is 13.8. The van der Waals surface area contributed by atoms with E-state index in [0.29, 0.717) is 23.7 Å². The predicted molar refractivity (Wildman–Crippen MR) is 97.3 cm³/mol. The number of benzene rings is 2. The highest BCUT2D eigenvalue weighted by molar-refractivity contribution is 5.93. The SMILES string of the molecule is NC(=O)c1ccc(F)cc1.OCCc1nc(-c2c[nH]c3ccccc23)no1. The second-order valence-corrected chi connectivity index (χ2v) is 5.60. The lowest BCUT2D eigenvalue weighted by Crippen LogP contribution is -2.10. The number of rotatable bonds is 4. The van der Waals surface area contributed by atoms with Gasteiger partial charge in [-0.2, -0.15) is 4.98 Å². The Morgan fingerprint density at radius 3 is 2.63 bits per heavy atom. The predicted octanol–water partition coefficient (Wildman–Crippen LogP) is 2.68. The summed E-state index contributed by atoms with van der Waals surface area (Å²) >= 11 is 0. The monoisotopic (exact) mass is 368 g/mol. The van der Waals surface area contributed by atoms with Crippen molar-refractivity contribution in [2.24, 2.45) is 5.73 Å². The van der Waals surface area contributed by atoms with Crippen LogP contribution in [0.1, 0.15) is 16.2 Å². The van der Waals surface area contributed by atoms with E-state index in [9.17, 15) is 9.18 Å². The van der Waals surface area contributed by atoms with E-state index in [4.69, 9.17) is 15.4 Å². The quantitative estimate of drug-likeness (QED) is 0.512. The van der Waals surface area contributed by atoms with E-state index in [2.05, 4.69) is 15.1 Å². The number of hydrogen-bond donors (Lipinski definition) is 3. The minimum Gasteiger partial charge on any atom is -0.396 e. The van der Waals surface area contributed by atoms with Gasteiger partial charge in [-0.25, -0.2) is 4.39 Å². The van der Waals surface area contributed by atoms with Crippen LogP contribution in [0.2, 0.25) is 0 Å². The van der Waals surface area contributed by atoms with Crippen molar-refractivity contribution in [1.82, 2.24) is 15.1 Å². The Balaban J connectivity index is 0.000000180. The number of aromatic nitrogens is 3. The summed E-state index contributed by atoms with van der Waals surface area (Å²) in [6, 6.07) is 13.0. The molecule has 1 amide bonds. The van der Waals surface area contributed by atoms with Crippen LogP contribution in [0.4, 0.5) is 4.39 Å². The molecule has 4 N–H and O–H groups in total. The van der Waals surface area contributed by atoms with E-state index >= 15 is 0 Å². The van der Waals surface area contributed by atoms with Crippen molar-refractivity contribution >= 4 is 16.8 Å². The number of halogens is 1. The van der Waals surface area contributed by atoms with Crippen molar-refractivity contribution in [3.05, 3.63) is 72.0 Å². The molecule has 0 saturated heterocycles. The highest BCUT2D eigenvalue weighted by Gasteiger charge is 2.12. The van der Waals surface area contributed by atoms with E-state index in [0.717, 1.165) is 16.5 Å². The first-order valence-electron chi connectivity index (χ1n) is 8.14. The zero-order valence-corrected chi connectivity index (χ0v) is 14.2. The molecule has 0 atom stereocenters. The summed E-state index contributed by atoms with van der Waals surface area (Å²) in [4.78, 5) is 17.8. The molecule has 4 aromatic rings. The van der Waals surface area contributed by atoms with Crippen LogP contribution in [-0.2, 0) is 6.42 Å². The fraction of sp³-hybridized carbons (Fsp3) is 0.105. The van der Waals surface area contributed by atoms with Gasteiger partial charge < -0.3 is 20.3 Å². The molecule has 2 aromatic carbocycles. The van der Waals surface area contributed by atoms with E-state index in [1.54, 1.807) is 0 Å². The Morgan fingerprint density at radius 2 is 1.93 bits per heavy atom. The fourth-order valence-electron chi connectivity index (χ4n) is 2.43. The maximum absolute atomic E-state index is 12.2. The molecule has 138 valence electrons. The van der Waals surface area contributed by atoms with Gasteiger partial charge in [0.15, 0.2) is 0 Å². The van der Waals surface area contributed by atoms with Gasteiger partial charge in [-0.3, -0.25) is 4.79 Å². The van der Waals surface area contributed by atoms with Crippen LogP contribution in [-0.4, -0.2) is 32.7 Å². The fourth-order valence-corrected chi connectivity index (χ4v) is 2.43. The average molecular weight is 368 g/mol. The third kappa shape index (κ3) is 4.36. The second kappa shape index (κ2) is 8.24. The first-order chi connectivity index (χ1) is 13.1. The third-order valence-corrected chi connectivity index (χ3v) is 3.75. The van der Waals surface area contributed by atoms with E-state index < -0.39 is 5.91 Å². The Kier molecular flexibility index (Phi) is 5.58. The first kappa shape index (κ1) is 18.3. The minimum absolute atomic E-state index is 0.00944. The molecular formula is C19H17FN4O3. The van der Waals surface area contributed by atoms with E-state index in [1.807, 2.05) is 30.5 Å². The Labute approximate surface area is 153 Å². The van der Waals surface area contributed by atoms with Crippen LogP contribution >= 0.6 is 0 Å². The molecule has 7 nitrogen and oxygen atoms in total. The molecule has 0 fully saturated rings. The number of aliphatic hydroxyl groups is 1. The molecule has 0 saturated carbocycles. The number of amides is 1. The van der Waals surface area contributed by atoms with Gasteiger partial charge in [0.25, 0.3) is 0 Å². The summed E-state index contributed by atoms with van der Waals surface area (Å²) in [6.45, 7) is 0.00944. The Hall–Kier alpha value is -3.52. The van der Waals surface area contributed by atoms with Crippen LogP contribution in [0.25, 0.3) is 22.3 Å². The number of carbonyl (C=O) groups excluding carboxylic acids is 1. The molecule has 0 aliphatic carbocycles. The van der Waals surface area contributed by atoms with Crippen molar-refractivity contribution in [1.29, 1.82) is 0 Å². The highest BCUT2D eigenvalue weighted by Crippen LogP contribution is 2.26. The van der Waals surface area contributed by atoms with Gasteiger partial charge in [-0.15, -0.1) is 0 Å². The number of nitrogens with zero attached hydrogens (tertiary/aromatic N) is 2. The number of hydrogen-bond acceptors (Lipinski definition) is 5. The minimum atomic E-state index is -0.542. The summed E-state index contributed by atoms with van der Waals surface area (Å²) in [7, 11) is 0. The number of nitrogens with one attached hydrogen (secondary N) is 1. The van der Waals surface area contributed by atoms with Crippen LogP contribution in [0.5, 0.6) is 0 Å². The number of primary amides is 1. The van der Waals surface area contributed by atoms with Gasteiger partial charge in [-0.05, 0) is 30.3 Å². The molecule has 0 bridgehead atoms. The molecular weight excluding hydrogens is 351 g/mol. The average Bonchev–Trinajstić information content (AvgIpc) is 3.29. The lowest BCUT2D eigenvalue weighted by atomic mass is 10.2. The van der Waals surface area contributed by atoms with Crippen LogP contribution < -0.4 is 5.73 Å². The molecule has 4 rings (SSSR count).